The van der Waals surface area contributed by atoms with Gasteiger partial charge in [-0.05, 0) is 63.7 Å². The van der Waals surface area contributed by atoms with Crippen LogP contribution in [0, 0.1) is 17.8 Å². The summed E-state index contributed by atoms with van der Waals surface area (Å²) in [6.07, 6.45) is 7.32. The highest BCUT2D eigenvalue weighted by Gasteiger charge is 2.49. The fourth-order valence-electron chi connectivity index (χ4n) is 6.48. The molecule has 5 atom stereocenters. The van der Waals surface area contributed by atoms with Crippen molar-refractivity contribution in [3.05, 3.63) is 0 Å². The number of carbonyl (C=O) groups excluding carboxylic acids is 3. The van der Waals surface area contributed by atoms with Crippen molar-refractivity contribution in [1.29, 1.82) is 0 Å². The molecule has 5 rings (SSSR count). The van der Waals surface area contributed by atoms with Crippen LogP contribution < -0.4 is 5.43 Å². The molecule has 3 saturated carbocycles. The van der Waals surface area contributed by atoms with Crippen molar-refractivity contribution < 1.29 is 14.4 Å². The van der Waals surface area contributed by atoms with Gasteiger partial charge in [0.25, 0.3) is 0 Å². The second-order valence-corrected chi connectivity index (χ2v) is 11.0. The molecule has 2 saturated heterocycles. The van der Waals surface area contributed by atoms with Gasteiger partial charge < -0.3 is 14.7 Å². The second-order valence-electron chi connectivity index (χ2n) is 11.0. The number of rotatable bonds is 5. The van der Waals surface area contributed by atoms with Gasteiger partial charge >= 0.3 is 0 Å². The summed E-state index contributed by atoms with van der Waals surface area (Å²) in [5.74, 6) is 1.86. The molecule has 0 aromatic heterocycles. The molecule has 8 heteroatoms. The highest BCUT2D eigenvalue weighted by molar-refractivity contribution is 5.82. The fraction of sp³-hybridized carbons (Fsp3) is 0.875. The van der Waals surface area contributed by atoms with Crippen molar-refractivity contribution in [2.45, 2.75) is 83.0 Å². The predicted molar refractivity (Wildman–Crippen MR) is 120 cm³/mol. The van der Waals surface area contributed by atoms with Crippen LogP contribution in [0.3, 0.4) is 0 Å². The molecule has 0 aromatic carbocycles. The van der Waals surface area contributed by atoms with E-state index in [1.54, 1.807) is 6.92 Å². The number of carbonyl (C=O) groups is 3. The number of nitrogens with one attached hydrogen (secondary N) is 1. The van der Waals surface area contributed by atoms with Crippen LogP contribution in [0.5, 0.6) is 0 Å². The molecule has 178 valence electrons. The Morgan fingerprint density at radius 1 is 0.969 bits per heavy atom. The largest absolute Gasteiger partial charge is 0.342 e. The molecule has 0 bridgehead atoms. The third-order valence-electron chi connectivity index (χ3n) is 8.60. The van der Waals surface area contributed by atoms with Gasteiger partial charge in [-0.15, -0.1) is 0 Å². The average molecular weight is 446 g/mol. The lowest BCUT2D eigenvalue weighted by molar-refractivity contribution is -0.155. The van der Waals surface area contributed by atoms with Gasteiger partial charge in [0, 0.05) is 51.6 Å². The molecule has 4 unspecified atom stereocenters. The Bertz CT molecular complexity index is 767. The maximum Gasteiger partial charge on any atom is 0.238 e. The summed E-state index contributed by atoms with van der Waals surface area (Å²) < 4.78 is 0. The molecule has 5 aliphatic rings. The van der Waals surface area contributed by atoms with Crippen LogP contribution in [-0.4, -0.2) is 94.8 Å². The Kier molecular flexibility index (Phi) is 5.95. The summed E-state index contributed by atoms with van der Waals surface area (Å²) in [6, 6.07) is 0.822. The number of amides is 3. The molecule has 8 nitrogen and oxygen atoms in total. The Balaban J connectivity index is 1.24. The Morgan fingerprint density at radius 2 is 1.72 bits per heavy atom. The van der Waals surface area contributed by atoms with Gasteiger partial charge in [-0.1, -0.05) is 0 Å². The summed E-state index contributed by atoms with van der Waals surface area (Å²) in [5, 5.41) is 2.09. The van der Waals surface area contributed by atoms with E-state index < -0.39 is 0 Å². The lowest BCUT2D eigenvalue weighted by atomic mass is 9.73. The van der Waals surface area contributed by atoms with E-state index in [1.165, 1.54) is 0 Å². The van der Waals surface area contributed by atoms with Gasteiger partial charge in [-0.2, -0.15) is 0 Å². The van der Waals surface area contributed by atoms with Crippen molar-refractivity contribution in [2.75, 3.05) is 33.2 Å². The number of hydrazine groups is 1. The van der Waals surface area contributed by atoms with E-state index in [2.05, 4.69) is 27.2 Å². The number of hydrogen-bond donors (Lipinski definition) is 1. The number of hydrogen-bond acceptors (Lipinski definition) is 5. The number of piperazine rings is 1. The van der Waals surface area contributed by atoms with E-state index in [1.807, 2.05) is 11.9 Å². The number of fused-ring (bicyclic) bond motifs is 1. The number of likely N-dealkylation sites (N-methyl/N-ethyl adjacent to an activating group) is 1. The molecular formula is C24H39N5O3. The normalized spacial score (nSPS) is 35.5. The first-order chi connectivity index (χ1) is 15.3. The van der Waals surface area contributed by atoms with E-state index in [0.29, 0.717) is 36.9 Å². The maximum absolute atomic E-state index is 13.1. The van der Waals surface area contributed by atoms with E-state index in [0.717, 1.165) is 58.0 Å². The van der Waals surface area contributed by atoms with Crippen LogP contribution in [0.25, 0.3) is 0 Å². The van der Waals surface area contributed by atoms with Gasteiger partial charge in [-0.3, -0.25) is 19.8 Å². The topological polar surface area (TPSA) is 76.2 Å². The molecule has 0 spiro atoms. The zero-order valence-corrected chi connectivity index (χ0v) is 19.8. The van der Waals surface area contributed by atoms with Crippen molar-refractivity contribution >= 4 is 17.7 Å². The highest BCUT2D eigenvalue weighted by atomic mass is 16.2. The molecular weight excluding hydrogens is 406 g/mol. The van der Waals surface area contributed by atoms with Crippen LogP contribution in [-0.2, 0) is 14.4 Å². The van der Waals surface area contributed by atoms with Crippen LogP contribution in [0.15, 0.2) is 0 Å². The first-order valence-electron chi connectivity index (χ1n) is 12.7. The van der Waals surface area contributed by atoms with E-state index >= 15 is 0 Å². The Morgan fingerprint density at radius 3 is 2.38 bits per heavy atom. The molecule has 2 aliphatic heterocycles. The summed E-state index contributed by atoms with van der Waals surface area (Å²) in [5.41, 5.74) is 3.46. The standard InChI is InChI=1S/C24H39N5O3/c1-15-12-28(24(32)17-4-5-17)22-10-18(6-9-21(22)29(15)16(2)30)19-11-25-27(13-19)14-23(31)26(3)20-7-8-20/h15,17-22,25H,4-14H2,1-3H3/t15-,18?,19?,21?,22?/m0/s1. The number of nitrogens with zero attached hydrogens (tertiary/aromatic N) is 4. The van der Waals surface area contributed by atoms with E-state index in [-0.39, 0.29) is 35.9 Å². The highest BCUT2D eigenvalue weighted by Crippen LogP contribution is 2.42. The van der Waals surface area contributed by atoms with Crippen molar-refractivity contribution in [2.24, 2.45) is 17.8 Å². The smallest absolute Gasteiger partial charge is 0.238 e. The molecule has 0 aromatic rings. The fourth-order valence-corrected chi connectivity index (χ4v) is 6.48. The second kappa shape index (κ2) is 8.60. The van der Waals surface area contributed by atoms with Crippen molar-refractivity contribution in [3.8, 4) is 0 Å². The first-order valence-corrected chi connectivity index (χ1v) is 12.7. The van der Waals surface area contributed by atoms with Gasteiger partial charge in [0.2, 0.25) is 17.7 Å². The Hall–Kier alpha value is -1.67. The van der Waals surface area contributed by atoms with Gasteiger partial charge in [0.15, 0.2) is 0 Å². The van der Waals surface area contributed by atoms with Crippen molar-refractivity contribution in [1.82, 2.24) is 25.1 Å². The lowest BCUT2D eigenvalue weighted by Gasteiger charge is -2.54. The zero-order chi connectivity index (χ0) is 22.6. The first kappa shape index (κ1) is 22.1. The molecule has 3 amide bonds. The minimum atomic E-state index is 0.0890. The zero-order valence-electron chi connectivity index (χ0n) is 19.8. The predicted octanol–water partition coefficient (Wildman–Crippen LogP) is 1.07. The molecule has 1 N–H and O–H groups in total. The van der Waals surface area contributed by atoms with Gasteiger partial charge in [0.05, 0.1) is 18.6 Å². The summed E-state index contributed by atoms with van der Waals surface area (Å²) in [4.78, 5) is 44.2. The monoisotopic (exact) mass is 445 g/mol. The summed E-state index contributed by atoms with van der Waals surface area (Å²) in [7, 11) is 1.92. The van der Waals surface area contributed by atoms with Crippen LogP contribution in [0.2, 0.25) is 0 Å². The van der Waals surface area contributed by atoms with Gasteiger partial charge in [-0.25, -0.2) is 5.01 Å². The minimum Gasteiger partial charge on any atom is -0.342 e. The van der Waals surface area contributed by atoms with E-state index in [9.17, 15) is 14.4 Å². The minimum absolute atomic E-state index is 0.0890. The third kappa shape index (κ3) is 4.28. The summed E-state index contributed by atoms with van der Waals surface area (Å²) >= 11 is 0. The quantitative estimate of drug-likeness (QED) is 0.685. The van der Waals surface area contributed by atoms with Crippen LogP contribution in [0.1, 0.15) is 58.8 Å². The third-order valence-corrected chi connectivity index (χ3v) is 8.60. The molecule has 2 heterocycles. The SMILES string of the molecule is CC(=O)N1C2CCC(C3CNN(CC(=O)N(C)C4CC4)C3)CC2N(C(=O)C2CC2)C[C@@H]1C. The average Bonchev–Trinajstić information content (AvgIpc) is 3.69. The van der Waals surface area contributed by atoms with E-state index in [4.69, 9.17) is 0 Å². The lowest BCUT2D eigenvalue weighted by Crippen LogP contribution is -2.67. The molecule has 3 aliphatic carbocycles. The Labute approximate surface area is 191 Å². The van der Waals surface area contributed by atoms with Crippen LogP contribution in [0.4, 0.5) is 0 Å². The van der Waals surface area contributed by atoms with Gasteiger partial charge in [0.1, 0.15) is 0 Å². The summed E-state index contributed by atoms with van der Waals surface area (Å²) in [6.45, 7) is 6.64. The van der Waals surface area contributed by atoms with Crippen molar-refractivity contribution in [3.63, 3.8) is 0 Å². The molecule has 0 radical (unpaired) electrons. The maximum atomic E-state index is 13.1. The molecule has 5 fully saturated rings. The molecule has 32 heavy (non-hydrogen) atoms. The van der Waals surface area contributed by atoms with Crippen LogP contribution >= 0.6 is 0 Å².